The lowest BCUT2D eigenvalue weighted by atomic mass is 9.95. The summed E-state index contributed by atoms with van der Waals surface area (Å²) in [6.07, 6.45) is 8.35. The molecule has 0 spiro atoms. The van der Waals surface area contributed by atoms with Crippen molar-refractivity contribution in [3.8, 4) is 23.1 Å². The smallest absolute Gasteiger partial charge is 0.220 e. The van der Waals surface area contributed by atoms with Crippen molar-refractivity contribution in [2.75, 3.05) is 0 Å². The highest BCUT2D eigenvalue weighted by Crippen LogP contribution is 2.39. The van der Waals surface area contributed by atoms with Crippen molar-refractivity contribution in [1.82, 2.24) is 9.97 Å². The van der Waals surface area contributed by atoms with Crippen molar-refractivity contribution in [2.24, 2.45) is 0 Å². The Kier molecular flexibility index (Phi) is 10.0. The van der Waals surface area contributed by atoms with Crippen LogP contribution in [0.1, 0.15) is 94.4 Å². The zero-order valence-corrected chi connectivity index (χ0v) is 27.1. The van der Waals surface area contributed by atoms with Crippen LogP contribution in [-0.2, 0) is 17.3 Å². The van der Waals surface area contributed by atoms with E-state index >= 15 is 0 Å². The number of aryl methyl sites for hydroxylation is 2. The molecular weight excluding hydrogens is 522 g/mol. The molecule has 0 atom stereocenters. The molecule has 5 nitrogen and oxygen atoms in total. The summed E-state index contributed by atoms with van der Waals surface area (Å²) in [4.78, 5) is 9.72. The number of unbranched alkanes of at least 4 members (excludes halogenated alkanes) is 1. The minimum atomic E-state index is -1.78. The van der Waals surface area contributed by atoms with Gasteiger partial charge in [0.2, 0.25) is 5.88 Å². The molecule has 0 saturated heterocycles. The van der Waals surface area contributed by atoms with Crippen LogP contribution >= 0.6 is 0 Å². The second kappa shape index (κ2) is 13.3. The van der Waals surface area contributed by atoms with E-state index in [1.807, 2.05) is 31.2 Å². The van der Waals surface area contributed by atoms with Crippen molar-refractivity contribution < 1.29 is 9.16 Å². The van der Waals surface area contributed by atoms with Gasteiger partial charge < -0.3 is 9.16 Å². The first kappa shape index (κ1) is 30.9. The van der Waals surface area contributed by atoms with E-state index in [4.69, 9.17) is 19.1 Å². The minimum Gasteiger partial charge on any atom is -0.474 e. The van der Waals surface area contributed by atoms with E-state index in [1.54, 1.807) is 0 Å². The molecule has 1 aromatic heterocycles. The average Bonchev–Trinajstić information content (AvgIpc) is 2.94. The lowest BCUT2D eigenvalue weighted by Gasteiger charge is -2.41. The highest BCUT2D eigenvalue weighted by molar-refractivity contribution is 6.74. The first-order valence-corrected chi connectivity index (χ1v) is 18.2. The van der Waals surface area contributed by atoms with E-state index in [2.05, 4.69) is 71.1 Å². The van der Waals surface area contributed by atoms with Gasteiger partial charge in [0.25, 0.3) is 0 Å². The Labute approximate surface area is 248 Å². The van der Waals surface area contributed by atoms with Gasteiger partial charge in [0, 0.05) is 18.1 Å². The standard InChI is InChI=1S/C35H47N3O2Si/c1-8-9-14-33-32(23-26-15-17-27(18-16-26)31-13-11-10-12-28(31)24-36)34(38-25(2)37-33)39-29-19-21-30(22-20-29)40-41(6,7)35(3,4)5/h10-13,15-18,29-30H,8-9,14,19-23H2,1-7H3. The van der Waals surface area contributed by atoms with E-state index in [0.29, 0.717) is 11.7 Å². The summed E-state index contributed by atoms with van der Waals surface area (Å²) >= 11 is 0. The average molecular weight is 570 g/mol. The number of ether oxygens (including phenoxy) is 1. The van der Waals surface area contributed by atoms with Gasteiger partial charge in [-0.05, 0) is 86.3 Å². The molecule has 0 bridgehead atoms. The van der Waals surface area contributed by atoms with Crippen LogP contribution in [0, 0.1) is 18.3 Å². The third kappa shape index (κ3) is 7.84. The van der Waals surface area contributed by atoms with Gasteiger partial charge in [-0.15, -0.1) is 0 Å². The Morgan fingerprint density at radius 3 is 2.24 bits per heavy atom. The quantitative estimate of drug-likeness (QED) is 0.228. The van der Waals surface area contributed by atoms with Crippen molar-refractivity contribution in [2.45, 2.75) is 116 Å². The number of aromatic nitrogens is 2. The van der Waals surface area contributed by atoms with Gasteiger partial charge in [-0.3, -0.25) is 0 Å². The number of nitrogens with zero attached hydrogens (tertiary/aromatic N) is 3. The van der Waals surface area contributed by atoms with Gasteiger partial charge >= 0.3 is 0 Å². The van der Waals surface area contributed by atoms with Gasteiger partial charge in [-0.2, -0.15) is 10.2 Å². The molecular formula is C35H47N3O2Si. The van der Waals surface area contributed by atoms with Crippen LogP contribution in [-0.4, -0.2) is 30.5 Å². The SMILES string of the molecule is CCCCc1nc(C)nc(OC2CCC(O[Si](C)(C)C(C)(C)C)CC2)c1Cc1ccc(-c2ccccc2C#N)cc1. The summed E-state index contributed by atoms with van der Waals surface area (Å²) in [6.45, 7) is 15.8. The van der Waals surface area contributed by atoms with Crippen LogP contribution in [0.4, 0.5) is 0 Å². The van der Waals surface area contributed by atoms with Gasteiger partial charge in [0.1, 0.15) is 11.9 Å². The Morgan fingerprint density at radius 2 is 1.61 bits per heavy atom. The second-order valence-corrected chi connectivity index (χ2v) is 17.8. The summed E-state index contributed by atoms with van der Waals surface area (Å²) in [5.74, 6) is 1.52. The molecule has 0 aliphatic heterocycles. The normalized spacial score (nSPS) is 17.7. The summed E-state index contributed by atoms with van der Waals surface area (Å²) in [5, 5.41) is 9.75. The molecule has 4 rings (SSSR count). The monoisotopic (exact) mass is 569 g/mol. The summed E-state index contributed by atoms with van der Waals surface area (Å²) in [5.41, 5.74) is 6.09. The topological polar surface area (TPSA) is 68.0 Å². The van der Waals surface area contributed by atoms with Crippen LogP contribution in [0.5, 0.6) is 5.88 Å². The minimum absolute atomic E-state index is 0.145. The van der Waals surface area contributed by atoms with Crippen LogP contribution in [0.15, 0.2) is 48.5 Å². The molecule has 218 valence electrons. The third-order valence-electron chi connectivity index (χ3n) is 8.79. The largest absolute Gasteiger partial charge is 0.474 e. The van der Waals surface area contributed by atoms with Gasteiger partial charge in [0.05, 0.1) is 17.3 Å². The molecule has 0 N–H and O–H groups in total. The Balaban J connectivity index is 1.52. The zero-order chi connectivity index (χ0) is 29.6. The molecule has 1 aliphatic carbocycles. The fourth-order valence-corrected chi connectivity index (χ4v) is 6.73. The predicted octanol–water partition coefficient (Wildman–Crippen LogP) is 8.97. The Morgan fingerprint density at radius 1 is 0.951 bits per heavy atom. The highest BCUT2D eigenvalue weighted by atomic mass is 28.4. The van der Waals surface area contributed by atoms with Gasteiger partial charge in [-0.25, -0.2) is 4.98 Å². The first-order valence-electron chi connectivity index (χ1n) is 15.3. The molecule has 0 radical (unpaired) electrons. The maximum absolute atomic E-state index is 9.53. The fourth-order valence-electron chi connectivity index (χ4n) is 5.31. The van der Waals surface area contributed by atoms with E-state index in [1.165, 1.54) is 5.56 Å². The van der Waals surface area contributed by atoms with Crippen LogP contribution in [0.2, 0.25) is 18.1 Å². The molecule has 3 aromatic rings. The third-order valence-corrected chi connectivity index (χ3v) is 13.3. The molecule has 41 heavy (non-hydrogen) atoms. The number of benzene rings is 2. The molecule has 0 unspecified atom stereocenters. The maximum atomic E-state index is 9.53. The van der Waals surface area contributed by atoms with Gasteiger partial charge in [-0.1, -0.05) is 76.6 Å². The van der Waals surface area contributed by atoms with Crippen LogP contribution in [0.3, 0.4) is 0 Å². The Bertz CT molecular complexity index is 1350. The number of nitriles is 1. The van der Waals surface area contributed by atoms with Gasteiger partial charge in [0.15, 0.2) is 8.32 Å². The number of hydrogen-bond acceptors (Lipinski definition) is 5. The van der Waals surface area contributed by atoms with E-state index < -0.39 is 8.32 Å². The molecule has 1 fully saturated rings. The van der Waals surface area contributed by atoms with Crippen molar-refractivity contribution in [1.29, 1.82) is 5.26 Å². The summed E-state index contributed by atoms with van der Waals surface area (Å²) in [7, 11) is -1.78. The molecule has 6 heteroatoms. The Hall–Kier alpha value is -3.01. The van der Waals surface area contributed by atoms with E-state index in [-0.39, 0.29) is 11.1 Å². The highest BCUT2D eigenvalue weighted by Gasteiger charge is 2.40. The van der Waals surface area contributed by atoms with Crippen LogP contribution in [0.25, 0.3) is 11.1 Å². The maximum Gasteiger partial charge on any atom is 0.220 e. The van der Waals surface area contributed by atoms with Crippen molar-refractivity contribution in [3.05, 3.63) is 76.7 Å². The zero-order valence-electron chi connectivity index (χ0n) is 26.1. The predicted molar refractivity (Wildman–Crippen MR) is 170 cm³/mol. The number of hydrogen-bond donors (Lipinski definition) is 0. The van der Waals surface area contributed by atoms with Crippen molar-refractivity contribution >= 4 is 8.32 Å². The lowest BCUT2D eigenvalue weighted by molar-refractivity contribution is 0.0694. The van der Waals surface area contributed by atoms with E-state index in [0.717, 1.165) is 85.5 Å². The molecule has 2 aromatic carbocycles. The fraction of sp³-hybridized carbons (Fsp3) is 0.514. The molecule has 0 amide bonds. The number of rotatable bonds is 10. The lowest BCUT2D eigenvalue weighted by Crippen LogP contribution is -2.45. The molecule has 1 heterocycles. The molecule has 1 saturated carbocycles. The summed E-state index contributed by atoms with van der Waals surface area (Å²) < 4.78 is 13.4. The summed E-state index contributed by atoms with van der Waals surface area (Å²) in [6, 6.07) is 18.6. The first-order chi connectivity index (χ1) is 19.5. The van der Waals surface area contributed by atoms with E-state index in [9.17, 15) is 5.26 Å². The van der Waals surface area contributed by atoms with Crippen LogP contribution < -0.4 is 4.74 Å². The van der Waals surface area contributed by atoms with Crippen molar-refractivity contribution in [3.63, 3.8) is 0 Å². The second-order valence-electron chi connectivity index (χ2n) is 13.0. The molecule has 1 aliphatic rings.